The molecule has 1 heteroatoms. The molecule has 0 fully saturated rings. The Morgan fingerprint density at radius 3 is 2.23 bits per heavy atom. The van der Waals surface area contributed by atoms with Crippen LogP contribution in [0.1, 0.15) is 11.1 Å². The number of rotatable bonds is 1. The third-order valence-electron chi connectivity index (χ3n) is 2.40. The molecular weight excluding hydrogens is 158 g/mol. The molecule has 2 rings (SSSR count). The van der Waals surface area contributed by atoms with Gasteiger partial charge in [0.05, 0.1) is 0 Å². The average molecular weight is 171 g/mol. The largest absolute Gasteiger partial charge is 0.405 e. The molecule has 0 amide bonds. The number of benzene rings is 1. The van der Waals surface area contributed by atoms with E-state index < -0.39 is 0 Å². The van der Waals surface area contributed by atoms with E-state index in [1.165, 1.54) is 16.7 Å². The van der Waals surface area contributed by atoms with Crippen molar-refractivity contribution < 1.29 is 0 Å². The van der Waals surface area contributed by atoms with Crippen LogP contribution in [0.2, 0.25) is 0 Å². The van der Waals surface area contributed by atoms with E-state index in [0.717, 1.165) is 12.8 Å². The molecule has 0 radical (unpaired) electrons. The standard InChI is InChI=1S/C12H13N/c13-7-3-4-10-8-11-5-1-2-6-12(11)9-10/h1-7H,8-9,13H2/b7-3-. The van der Waals surface area contributed by atoms with Gasteiger partial charge in [-0.1, -0.05) is 35.9 Å². The zero-order chi connectivity index (χ0) is 9.10. The maximum Gasteiger partial charge on any atom is -0.00578 e. The van der Waals surface area contributed by atoms with E-state index >= 15 is 0 Å². The van der Waals surface area contributed by atoms with Crippen molar-refractivity contribution in [2.24, 2.45) is 5.73 Å². The highest BCUT2D eigenvalue weighted by molar-refractivity contribution is 5.41. The van der Waals surface area contributed by atoms with Crippen LogP contribution in [0.4, 0.5) is 0 Å². The summed E-state index contributed by atoms with van der Waals surface area (Å²) < 4.78 is 0. The molecule has 1 aliphatic carbocycles. The monoisotopic (exact) mass is 171 g/mol. The molecule has 13 heavy (non-hydrogen) atoms. The van der Waals surface area contributed by atoms with Gasteiger partial charge in [-0.25, -0.2) is 0 Å². The van der Waals surface area contributed by atoms with E-state index in [4.69, 9.17) is 5.73 Å². The Labute approximate surface area is 78.6 Å². The van der Waals surface area contributed by atoms with Gasteiger partial charge in [-0.3, -0.25) is 0 Å². The molecule has 0 saturated carbocycles. The molecule has 1 nitrogen and oxygen atoms in total. The van der Waals surface area contributed by atoms with Gasteiger partial charge >= 0.3 is 0 Å². The van der Waals surface area contributed by atoms with Gasteiger partial charge in [0.15, 0.2) is 0 Å². The fourth-order valence-corrected chi connectivity index (χ4v) is 1.76. The highest BCUT2D eigenvalue weighted by Crippen LogP contribution is 2.25. The predicted molar refractivity (Wildman–Crippen MR) is 55.3 cm³/mol. The van der Waals surface area contributed by atoms with Gasteiger partial charge in [-0.05, 0) is 36.2 Å². The average Bonchev–Trinajstić information content (AvgIpc) is 2.57. The van der Waals surface area contributed by atoms with E-state index in [1.807, 2.05) is 6.08 Å². The van der Waals surface area contributed by atoms with E-state index in [2.05, 4.69) is 30.3 Å². The van der Waals surface area contributed by atoms with Gasteiger partial charge in [0, 0.05) is 0 Å². The van der Waals surface area contributed by atoms with Crippen molar-refractivity contribution in [1.29, 1.82) is 0 Å². The quantitative estimate of drug-likeness (QED) is 0.688. The summed E-state index contributed by atoms with van der Waals surface area (Å²) in [6.45, 7) is 0. The molecule has 1 aromatic rings. The lowest BCUT2D eigenvalue weighted by atomic mass is 10.1. The lowest BCUT2D eigenvalue weighted by Crippen LogP contribution is -1.80. The van der Waals surface area contributed by atoms with Crippen molar-refractivity contribution in [2.45, 2.75) is 12.8 Å². The Morgan fingerprint density at radius 1 is 1.08 bits per heavy atom. The summed E-state index contributed by atoms with van der Waals surface area (Å²) >= 11 is 0. The maximum absolute atomic E-state index is 5.29. The Bertz CT molecular complexity index is 334. The van der Waals surface area contributed by atoms with E-state index in [0.29, 0.717) is 0 Å². The van der Waals surface area contributed by atoms with Crippen LogP contribution in [0.3, 0.4) is 0 Å². The van der Waals surface area contributed by atoms with Gasteiger partial charge in [-0.2, -0.15) is 0 Å². The topological polar surface area (TPSA) is 26.0 Å². The van der Waals surface area contributed by atoms with Gasteiger partial charge < -0.3 is 5.73 Å². The second-order valence-corrected chi connectivity index (χ2v) is 3.33. The second-order valence-electron chi connectivity index (χ2n) is 3.33. The molecule has 0 unspecified atom stereocenters. The summed E-state index contributed by atoms with van der Waals surface area (Å²) in [6.07, 6.45) is 7.76. The first-order valence-electron chi connectivity index (χ1n) is 4.53. The van der Waals surface area contributed by atoms with Gasteiger partial charge in [0.25, 0.3) is 0 Å². The minimum Gasteiger partial charge on any atom is -0.405 e. The third-order valence-corrected chi connectivity index (χ3v) is 2.40. The SMILES string of the molecule is N/C=C\C=C1Cc2ccccc2C1. The van der Waals surface area contributed by atoms with Crippen LogP contribution >= 0.6 is 0 Å². The number of fused-ring (bicyclic) bond motifs is 1. The Morgan fingerprint density at radius 2 is 1.69 bits per heavy atom. The summed E-state index contributed by atoms with van der Waals surface area (Å²) in [5.41, 5.74) is 9.65. The summed E-state index contributed by atoms with van der Waals surface area (Å²) in [5, 5.41) is 0. The van der Waals surface area contributed by atoms with Crippen LogP contribution in [0.5, 0.6) is 0 Å². The molecule has 0 aliphatic heterocycles. The minimum absolute atomic E-state index is 1.08. The van der Waals surface area contributed by atoms with Gasteiger partial charge in [0.1, 0.15) is 0 Å². The molecule has 1 aromatic carbocycles. The zero-order valence-electron chi connectivity index (χ0n) is 7.53. The number of hydrogen-bond donors (Lipinski definition) is 1. The fraction of sp³-hybridized carbons (Fsp3) is 0.167. The van der Waals surface area contributed by atoms with E-state index in [9.17, 15) is 0 Å². The van der Waals surface area contributed by atoms with Gasteiger partial charge in [0.2, 0.25) is 0 Å². The summed E-state index contributed by atoms with van der Waals surface area (Å²) in [5.74, 6) is 0. The van der Waals surface area contributed by atoms with E-state index in [-0.39, 0.29) is 0 Å². The molecule has 1 aliphatic rings. The molecule has 0 heterocycles. The smallest absolute Gasteiger partial charge is 0.00578 e. The van der Waals surface area contributed by atoms with Crippen molar-refractivity contribution in [3.8, 4) is 0 Å². The number of nitrogens with two attached hydrogens (primary N) is 1. The molecule has 0 bridgehead atoms. The minimum atomic E-state index is 1.08. The molecule has 0 atom stereocenters. The summed E-state index contributed by atoms with van der Waals surface area (Å²) in [7, 11) is 0. The molecule has 2 N–H and O–H groups in total. The highest BCUT2D eigenvalue weighted by Gasteiger charge is 2.12. The van der Waals surface area contributed by atoms with Crippen LogP contribution < -0.4 is 5.73 Å². The number of allylic oxidation sites excluding steroid dienone is 3. The zero-order valence-corrected chi connectivity index (χ0v) is 7.53. The van der Waals surface area contributed by atoms with Crippen molar-refractivity contribution >= 4 is 0 Å². The molecule has 0 spiro atoms. The Kier molecular flexibility index (Phi) is 2.17. The van der Waals surface area contributed by atoms with Crippen LogP contribution in [0.15, 0.2) is 48.2 Å². The van der Waals surface area contributed by atoms with Crippen LogP contribution in [-0.4, -0.2) is 0 Å². The van der Waals surface area contributed by atoms with E-state index in [1.54, 1.807) is 6.20 Å². The van der Waals surface area contributed by atoms with Crippen LogP contribution in [-0.2, 0) is 12.8 Å². The summed E-state index contributed by atoms with van der Waals surface area (Å²) in [6, 6.07) is 8.59. The first kappa shape index (κ1) is 8.11. The van der Waals surface area contributed by atoms with Gasteiger partial charge in [-0.15, -0.1) is 0 Å². The lowest BCUT2D eigenvalue weighted by Gasteiger charge is -1.92. The van der Waals surface area contributed by atoms with Crippen molar-refractivity contribution in [1.82, 2.24) is 0 Å². The van der Waals surface area contributed by atoms with Crippen molar-refractivity contribution in [2.75, 3.05) is 0 Å². The fourth-order valence-electron chi connectivity index (χ4n) is 1.76. The first-order chi connectivity index (χ1) is 6.40. The lowest BCUT2D eigenvalue weighted by molar-refractivity contribution is 1.17. The number of hydrogen-bond acceptors (Lipinski definition) is 1. The normalized spacial score (nSPS) is 14.9. The molecule has 66 valence electrons. The maximum atomic E-state index is 5.29. The molecule has 0 saturated heterocycles. The Balaban J connectivity index is 2.23. The van der Waals surface area contributed by atoms with Crippen LogP contribution in [0.25, 0.3) is 0 Å². The second kappa shape index (κ2) is 3.48. The molecular formula is C12H13N. The van der Waals surface area contributed by atoms with Crippen molar-refractivity contribution in [3.63, 3.8) is 0 Å². The van der Waals surface area contributed by atoms with Crippen LogP contribution in [0, 0.1) is 0 Å². The third kappa shape index (κ3) is 1.64. The molecule has 0 aromatic heterocycles. The highest BCUT2D eigenvalue weighted by atomic mass is 14.5. The van der Waals surface area contributed by atoms with Crippen molar-refractivity contribution in [3.05, 3.63) is 59.3 Å². The predicted octanol–water partition coefficient (Wildman–Crippen LogP) is 2.18. The Hall–Kier alpha value is -1.50. The first-order valence-corrected chi connectivity index (χ1v) is 4.53. The summed E-state index contributed by atoms with van der Waals surface area (Å²) in [4.78, 5) is 0.